The Kier molecular flexibility index (Phi) is 7.21. The fraction of sp³-hybridized carbons (Fsp3) is 0.300. The van der Waals surface area contributed by atoms with E-state index in [0.717, 1.165) is 4.90 Å². The summed E-state index contributed by atoms with van der Waals surface area (Å²) in [7, 11) is 0. The van der Waals surface area contributed by atoms with Crippen LogP contribution in [0, 0.1) is 0 Å². The van der Waals surface area contributed by atoms with Crippen LogP contribution in [0.5, 0.6) is 0 Å². The van der Waals surface area contributed by atoms with Gasteiger partial charge in [0.1, 0.15) is 0 Å². The maximum atomic E-state index is 11.6. The van der Waals surface area contributed by atoms with Crippen molar-refractivity contribution in [3.05, 3.63) is 29.8 Å². The molecule has 1 rings (SSSR count). The molecule has 0 aliphatic heterocycles. The number of thioether (sulfide) groups is 1. The smallest absolute Gasteiger partial charge is 0.252 e. The molecular weight excluding hydrogens is 232 g/mol. The molecule has 3 nitrogen and oxygen atoms in total. The van der Waals surface area contributed by atoms with E-state index in [1.54, 1.807) is 11.8 Å². The van der Waals surface area contributed by atoms with Gasteiger partial charge in [0.05, 0.1) is 5.56 Å². The number of nitrogens with one attached hydrogen (secondary N) is 1. The third-order valence-electron chi connectivity index (χ3n) is 1.78. The molecule has 84 valence electrons. The van der Waals surface area contributed by atoms with E-state index in [1.165, 1.54) is 0 Å². The Morgan fingerprint density at radius 3 is 2.73 bits per heavy atom. The Morgan fingerprint density at radius 1 is 1.47 bits per heavy atom. The van der Waals surface area contributed by atoms with Crippen LogP contribution >= 0.6 is 24.2 Å². The number of carbonyl (C=O) groups is 1. The van der Waals surface area contributed by atoms with Crippen molar-refractivity contribution in [1.82, 2.24) is 5.32 Å². The highest BCUT2D eigenvalue weighted by Crippen LogP contribution is 2.19. The monoisotopic (exact) mass is 246 g/mol. The number of halogens is 1. The molecule has 0 heterocycles. The number of carbonyl (C=O) groups excluding carboxylic acids is 1. The van der Waals surface area contributed by atoms with Gasteiger partial charge >= 0.3 is 0 Å². The normalized spacial score (nSPS) is 9.20. The first-order valence-electron chi connectivity index (χ1n) is 4.41. The number of hydrogen-bond acceptors (Lipinski definition) is 3. The van der Waals surface area contributed by atoms with Crippen LogP contribution in [-0.2, 0) is 0 Å². The molecule has 0 saturated heterocycles. The lowest BCUT2D eigenvalue weighted by atomic mass is 10.2. The highest BCUT2D eigenvalue weighted by molar-refractivity contribution is 7.98. The van der Waals surface area contributed by atoms with E-state index in [9.17, 15) is 4.79 Å². The molecule has 1 aromatic carbocycles. The van der Waals surface area contributed by atoms with Gasteiger partial charge in [0.15, 0.2) is 0 Å². The Hall–Kier alpha value is -0.710. The van der Waals surface area contributed by atoms with Gasteiger partial charge in [-0.15, -0.1) is 24.2 Å². The van der Waals surface area contributed by atoms with Crippen LogP contribution in [0.4, 0.5) is 0 Å². The molecule has 0 aliphatic rings. The Morgan fingerprint density at radius 2 is 2.13 bits per heavy atom. The second kappa shape index (κ2) is 7.56. The summed E-state index contributed by atoms with van der Waals surface area (Å²) in [5.41, 5.74) is 6.02. The van der Waals surface area contributed by atoms with Gasteiger partial charge in [0, 0.05) is 18.0 Å². The number of amides is 1. The van der Waals surface area contributed by atoms with Crippen LogP contribution < -0.4 is 11.1 Å². The molecule has 0 unspecified atom stereocenters. The minimum atomic E-state index is -0.0552. The molecule has 0 saturated carbocycles. The van der Waals surface area contributed by atoms with Gasteiger partial charge in [-0.2, -0.15) is 0 Å². The fourth-order valence-corrected chi connectivity index (χ4v) is 1.71. The zero-order valence-electron chi connectivity index (χ0n) is 8.53. The summed E-state index contributed by atoms with van der Waals surface area (Å²) < 4.78 is 0. The molecule has 1 aromatic rings. The molecule has 3 N–H and O–H groups in total. The predicted molar refractivity (Wildman–Crippen MR) is 66.9 cm³/mol. The van der Waals surface area contributed by atoms with Gasteiger partial charge < -0.3 is 11.1 Å². The SMILES string of the molecule is CSc1ccccc1C(=O)NCCN.Cl. The van der Waals surface area contributed by atoms with Crippen molar-refractivity contribution in [2.45, 2.75) is 4.90 Å². The molecule has 0 fully saturated rings. The van der Waals surface area contributed by atoms with Crippen LogP contribution in [0.25, 0.3) is 0 Å². The van der Waals surface area contributed by atoms with Gasteiger partial charge in [0.2, 0.25) is 0 Å². The number of benzene rings is 1. The van der Waals surface area contributed by atoms with E-state index in [0.29, 0.717) is 18.7 Å². The van der Waals surface area contributed by atoms with Crippen molar-refractivity contribution in [3.8, 4) is 0 Å². The Balaban J connectivity index is 0.00000196. The molecule has 0 atom stereocenters. The molecule has 0 bridgehead atoms. The summed E-state index contributed by atoms with van der Waals surface area (Å²) in [4.78, 5) is 12.6. The van der Waals surface area contributed by atoms with E-state index in [4.69, 9.17) is 5.73 Å². The first kappa shape index (κ1) is 14.3. The zero-order chi connectivity index (χ0) is 10.4. The fourth-order valence-electron chi connectivity index (χ4n) is 1.11. The average molecular weight is 247 g/mol. The van der Waals surface area contributed by atoms with Crippen molar-refractivity contribution in [1.29, 1.82) is 0 Å². The molecule has 0 radical (unpaired) electrons. The van der Waals surface area contributed by atoms with Crippen molar-refractivity contribution < 1.29 is 4.79 Å². The Bertz CT molecular complexity index is 320. The van der Waals surface area contributed by atoms with Gasteiger partial charge in [-0.1, -0.05) is 12.1 Å². The van der Waals surface area contributed by atoms with Crippen molar-refractivity contribution >= 4 is 30.1 Å². The highest BCUT2D eigenvalue weighted by atomic mass is 35.5. The average Bonchev–Trinajstić information content (AvgIpc) is 2.25. The standard InChI is InChI=1S/C10H14N2OS.ClH/c1-14-9-5-3-2-4-8(9)10(13)12-7-6-11;/h2-5H,6-7,11H2,1H3,(H,12,13);1H. The summed E-state index contributed by atoms with van der Waals surface area (Å²) >= 11 is 1.57. The number of nitrogens with two attached hydrogens (primary N) is 1. The maximum absolute atomic E-state index is 11.6. The first-order valence-corrected chi connectivity index (χ1v) is 5.63. The van der Waals surface area contributed by atoms with Crippen molar-refractivity contribution in [2.24, 2.45) is 5.73 Å². The largest absolute Gasteiger partial charge is 0.351 e. The van der Waals surface area contributed by atoms with Crippen LogP contribution in [0.1, 0.15) is 10.4 Å². The van der Waals surface area contributed by atoms with E-state index in [2.05, 4.69) is 5.32 Å². The molecule has 0 aliphatic carbocycles. The van der Waals surface area contributed by atoms with E-state index < -0.39 is 0 Å². The third kappa shape index (κ3) is 4.11. The summed E-state index contributed by atoms with van der Waals surface area (Å²) in [6.45, 7) is 0.981. The van der Waals surface area contributed by atoms with E-state index >= 15 is 0 Å². The summed E-state index contributed by atoms with van der Waals surface area (Å²) in [6.07, 6.45) is 1.95. The Labute approximate surface area is 100 Å². The molecular formula is C10H15ClN2OS. The lowest BCUT2D eigenvalue weighted by Gasteiger charge is -2.06. The number of hydrogen-bond donors (Lipinski definition) is 2. The molecule has 0 spiro atoms. The second-order valence-corrected chi connectivity index (χ2v) is 3.59. The summed E-state index contributed by atoms with van der Waals surface area (Å²) in [5, 5.41) is 2.75. The molecule has 0 aromatic heterocycles. The third-order valence-corrected chi connectivity index (χ3v) is 2.58. The van der Waals surface area contributed by atoms with Gasteiger partial charge in [-0.05, 0) is 18.4 Å². The van der Waals surface area contributed by atoms with Crippen LogP contribution in [0.2, 0.25) is 0 Å². The maximum Gasteiger partial charge on any atom is 0.252 e. The molecule has 5 heteroatoms. The minimum Gasteiger partial charge on any atom is -0.351 e. The highest BCUT2D eigenvalue weighted by Gasteiger charge is 2.08. The van der Waals surface area contributed by atoms with Crippen LogP contribution in [0.3, 0.4) is 0 Å². The van der Waals surface area contributed by atoms with Gasteiger partial charge in [0.25, 0.3) is 5.91 Å². The van der Waals surface area contributed by atoms with Gasteiger partial charge in [-0.3, -0.25) is 4.79 Å². The van der Waals surface area contributed by atoms with Crippen LogP contribution in [-0.4, -0.2) is 25.3 Å². The quantitative estimate of drug-likeness (QED) is 0.792. The topological polar surface area (TPSA) is 55.1 Å². The number of rotatable bonds is 4. The van der Waals surface area contributed by atoms with E-state index in [-0.39, 0.29) is 18.3 Å². The second-order valence-electron chi connectivity index (χ2n) is 2.74. The van der Waals surface area contributed by atoms with E-state index in [1.807, 2.05) is 30.5 Å². The lowest BCUT2D eigenvalue weighted by Crippen LogP contribution is -2.29. The minimum absolute atomic E-state index is 0. The molecule has 1 amide bonds. The van der Waals surface area contributed by atoms with Crippen LogP contribution in [0.15, 0.2) is 29.2 Å². The molecule has 15 heavy (non-hydrogen) atoms. The predicted octanol–water partition coefficient (Wildman–Crippen LogP) is 1.52. The summed E-state index contributed by atoms with van der Waals surface area (Å²) in [5.74, 6) is -0.0552. The zero-order valence-corrected chi connectivity index (χ0v) is 10.2. The summed E-state index contributed by atoms with van der Waals surface area (Å²) in [6, 6.07) is 7.53. The van der Waals surface area contributed by atoms with Crippen molar-refractivity contribution in [2.75, 3.05) is 19.3 Å². The van der Waals surface area contributed by atoms with Crippen molar-refractivity contribution in [3.63, 3.8) is 0 Å². The lowest BCUT2D eigenvalue weighted by molar-refractivity contribution is 0.0952. The van der Waals surface area contributed by atoms with Gasteiger partial charge in [-0.25, -0.2) is 0 Å². The first-order chi connectivity index (χ1) is 6.79.